The summed E-state index contributed by atoms with van der Waals surface area (Å²) < 4.78 is 19.4. The molecule has 2 aliphatic carbocycles. The number of carbonyl (C=O) groups excluding carboxylic acids is 2. The molecule has 0 unspecified atom stereocenters. The molecule has 1 amide bonds. The van der Waals surface area contributed by atoms with Gasteiger partial charge in [-0.1, -0.05) is 29.7 Å². The van der Waals surface area contributed by atoms with Crippen molar-refractivity contribution >= 4 is 40.5 Å². The van der Waals surface area contributed by atoms with E-state index in [2.05, 4.69) is 27.5 Å². The van der Waals surface area contributed by atoms with Gasteiger partial charge in [-0.25, -0.2) is 15.0 Å². The highest BCUT2D eigenvalue weighted by Gasteiger charge is 2.79. The lowest BCUT2D eigenvalue weighted by Crippen LogP contribution is -2.40. The highest BCUT2D eigenvalue weighted by Crippen LogP contribution is 2.71. The number of halogens is 1. The summed E-state index contributed by atoms with van der Waals surface area (Å²) in [5.74, 6) is 5.54. The molecule has 2 aromatic heterocycles. The molecule has 214 valence electrons. The number of nitrogens with zero attached hydrogens (tertiary/aromatic N) is 4. The predicted octanol–water partition coefficient (Wildman–Crippen LogP) is 3.22. The summed E-state index contributed by atoms with van der Waals surface area (Å²) in [6.07, 6.45) is 2.15. The fourth-order valence-electron chi connectivity index (χ4n) is 6.25. The Labute approximate surface area is 242 Å². The Balaban J connectivity index is 1.39. The second kappa shape index (κ2) is 10.3. The van der Waals surface area contributed by atoms with E-state index in [9.17, 15) is 9.59 Å². The maximum atomic E-state index is 13.1. The van der Waals surface area contributed by atoms with E-state index in [-0.39, 0.29) is 48.3 Å². The van der Waals surface area contributed by atoms with Gasteiger partial charge in [0, 0.05) is 31.0 Å². The summed E-state index contributed by atoms with van der Waals surface area (Å²) in [5, 5.41) is 6.83. The van der Waals surface area contributed by atoms with Crippen LogP contribution in [0.4, 0.5) is 5.82 Å². The van der Waals surface area contributed by atoms with Crippen LogP contribution in [0.15, 0.2) is 30.6 Å². The number of aromatic nitrogens is 4. The number of benzene rings is 1. The molecule has 5 atom stereocenters. The smallest absolute Gasteiger partial charge is 0.306 e. The van der Waals surface area contributed by atoms with E-state index in [4.69, 9.17) is 35.8 Å². The lowest BCUT2D eigenvalue weighted by molar-refractivity contribution is -0.164. The monoisotopic (exact) mass is 578 g/mol. The van der Waals surface area contributed by atoms with Crippen LogP contribution in [-0.2, 0) is 30.3 Å². The normalized spacial score (nSPS) is 27.0. The quantitative estimate of drug-likeness (QED) is 0.320. The molecule has 3 heterocycles. The van der Waals surface area contributed by atoms with Gasteiger partial charge in [0.05, 0.1) is 31.3 Å². The van der Waals surface area contributed by atoms with Gasteiger partial charge >= 0.3 is 5.97 Å². The number of nitrogens with one attached hydrogen (secondary N) is 2. The number of ether oxygens (including phenoxy) is 3. The van der Waals surface area contributed by atoms with Crippen molar-refractivity contribution in [2.75, 3.05) is 19.5 Å². The Morgan fingerprint density at radius 2 is 2.10 bits per heavy atom. The van der Waals surface area contributed by atoms with Gasteiger partial charge < -0.3 is 29.4 Å². The molecule has 3 aromatic rings. The number of esters is 1. The zero-order valence-electron chi connectivity index (χ0n) is 23.2. The molecular weight excluding hydrogens is 548 g/mol. The van der Waals surface area contributed by atoms with Gasteiger partial charge in [0.25, 0.3) is 0 Å². The van der Waals surface area contributed by atoms with Gasteiger partial charge in [-0.2, -0.15) is 0 Å². The zero-order valence-corrected chi connectivity index (χ0v) is 24.0. The molecule has 1 aromatic carbocycles. The molecule has 12 heteroatoms. The Morgan fingerprint density at radius 3 is 2.85 bits per heavy atom. The zero-order chi connectivity index (χ0) is 28.9. The van der Waals surface area contributed by atoms with Crippen molar-refractivity contribution in [1.29, 1.82) is 0 Å². The first kappa shape index (κ1) is 27.4. The van der Waals surface area contributed by atoms with Gasteiger partial charge in [-0.3, -0.25) is 9.59 Å². The molecule has 2 N–H and O–H groups in total. The van der Waals surface area contributed by atoms with Gasteiger partial charge in [-0.15, -0.1) is 0 Å². The number of amides is 1. The van der Waals surface area contributed by atoms with Crippen LogP contribution in [-0.4, -0.2) is 63.5 Å². The van der Waals surface area contributed by atoms with E-state index in [0.717, 1.165) is 5.56 Å². The highest BCUT2D eigenvalue weighted by atomic mass is 35.5. The molecule has 3 fully saturated rings. The number of fused-ring (bicyclic) bond motifs is 4. The van der Waals surface area contributed by atoms with Crippen LogP contribution in [0.1, 0.15) is 50.5 Å². The van der Waals surface area contributed by atoms with Crippen LogP contribution < -0.4 is 10.6 Å². The molecule has 2 saturated carbocycles. The van der Waals surface area contributed by atoms with E-state index in [1.54, 1.807) is 13.4 Å². The standard InChI is InChI=1S/C29H31ClN6O5/c1-28(2)40-23-22(18-13-29(18,24(23)41-28)27(38)31-3)36-15-33-21-25(32-14-16-8-7-9-17(30)12-16)34-19(35-26(21)36)10-5-6-11-20(37)39-4/h7-9,12,15,18,22-24H,6,11,13-14H2,1-4H3,(H,31,38)(H,32,34,35)/t18-,22-,23+,24+,29+/m0/s1. The number of imidazole rings is 1. The predicted molar refractivity (Wildman–Crippen MR) is 150 cm³/mol. The summed E-state index contributed by atoms with van der Waals surface area (Å²) in [4.78, 5) is 38.8. The van der Waals surface area contributed by atoms with Crippen molar-refractivity contribution in [1.82, 2.24) is 24.8 Å². The van der Waals surface area contributed by atoms with Gasteiger partial charge in [-0.05, 0) is 43.9 Å². The van der Waals surface area contributed by atoms with Crippen LogP contribution in [0.25, 0.3) is 11.2 Å². The van der Waals surface area contributed by atoms with Gasteiger partial charge in [0.15, 0.2) is 22.8 Å². The average molecular weight is 579 g/mol. The van der Waals surface area contributed by atoms with Crippen molar-refractivity contribution in [3.05, 3.63) is 47.0 Å². The molecule has 1 saturated heterocycles. The molecular formula is C29H31ClN6O5. The largest absolute Gasteiger partial charge is 0.469 e. The third-order valence-corrected chi connectivity index (χ3v) is 8.30. The van der Waals surface area contributed by atoms with E-state index in [1.165, 1.54) is 7.11 Å². The second-order valence-corrected chi connectivity index (χ2v) is 11.5. The summed E-state index contributed by atoms with van der Waals surface area (Å²) >= 11 is 6.18. The van der Waals surface area contributed by atoms with Crippen LogP contribution in [0.2, 0.25) is 5.02 Å². The summed E-state index contributed by atoms with van der Waals surface area (Å²) in [5.41, 5.74) is 1.45. The number of methoxy groups -OCH3 is 1. The first-order valence-corrected chi connectivity index (χ1v) is 13.9. The number of anilines is 1. The molecule has 1 aliphatic heterocycles. The lowest BCUT2D eigenvalue weighted by Gasteiger charge is -2.24. The minimum Gasteiger partial charge on any atom is -0.469 e. The van der Waals surface area contributed by atoms with Crippen molar-refractivity contribution in [3.63, 3.8) is 0 Å². The third-order valence-electron chi connectivity index (χ3n) is 8.07. The Bertz CT molecular complexity index is 1600. The molecule has 6 rings (SSSR count). The van der Waals surface area contributed by atoms with Crippen LogP contribution in [0, 0.1) is 23.2 Å². The number of carbonyl (C=O) groups is 2. The maximum absolute atomic E-state index is 13.1. The van der Waals surface area contributed by atoms with Crippen molar-refractivity contribution in [2.24, 2.45) is 11.3 Å². The average Bonchev–Trinajstić information content (AvgIpc) is 3.26. The molecule has 0 bridgehead atoms. The first-order valence-electron chi connectivity index (χ1n) is 13.5. The third kappa shape index (κ3) is 4.80. The topological polar surface area (TPSA) is 129 Å². The maximum Gasteiger partial charge on any atom is 0.306 e. The molecule has 41 heavy (non-hydrogen) atoms. The number of hydrogen-bond acceptors (Lipinski definition) is 9. The fourth-order valence-corrected chi connectivity index (χ4v) is 6.47. The van der Waals surface area contributed by atoms with Crippen molar-refractivity contribution < 1.29 is 23.8 Å². The van der Waals surface area contributed by atoms with Crippen molar-refractivity contribution in [2.45, 2.75) is 63.7 Å². The summed E-state index contributed by atoms with van der Waals surface area (Å²) in [7, 11) is 3.00. The Hall–Kier alpha value is -3.72. The second-order valence-electron chi connectivity index (χ2n) is 11.0. The molecule has 11 nitrogen and oxygen atoms in total. The summed E-state index contributed by atoms with van der Waals surface area (Å²) in [6, 6.07) is 7.33. The molecule has 0 spiro atoms. The fraction of sp³-hybridized carbons (Fsp3) is 0.483. The van der Waals surface area contributed by atoms with Gasteiger partial charge in [0.2, 0.25) is 11.7 Å². The van der Waals surface area contributed by atoms with Crippen molar-refractivity contribution in [3.8, 4) is 11.8 Å². The van der Waals surface area contributed by atoms with Crippen LogP contribution in [0.5, 0.6) is 0 Å². The first-order chi connectivity index (χ1) is 19.7. The Kier molecular flexibility index (Phi) is 6.88. The highest BCUT2D eigenvalue weighted by molar-refractivity contribution is 6.30. The summed E-state index contributed by atoms with van der Waals surface area (Å²) in [6.45, 7) is 4.19. The van der Waals surface area contributed by atoms with Crippen LogP contribution >= 0.6 is 11.6 Å². The van der Waals surface area contributed by atoms with E-state index >= 15 is 0 Å². The minimum absolute atomic E-state index is 0.00150. The van der Waals surface area contributed by atoms with Gasteiger partial charge in [0.1, 0.15) is 12.2 Å². The lowest BCUT2D eigenvalue weighted by atomic mass is 9.98. The van der Waals surface area contributed by atoms with E-state index < -0.39 is 11.2 Å². The SMILES string of the molecule is CNC(=O)[C@]12C[C@H]1[C@H](n1cnc3c(NCc4cccc(Cl)c4)nc(C#CCCC(=O)OC)nc31)[C@H]1OC(C)(C)O[C@H]12. The minimum atomic E-state index is -0.826. The number of rotatable bonds is 7. The molecule has 0 radical (unpaired) electrons. The van der Waals surface area contributed by atoms with E-state index in [1.807, 2.05) is 42.7 Å². The Morgan fingerprint density at radius 1 is 1.27 bits per heavy atom. The van der Waals surface area contributed by atoms with E-state index in [0.29, 0.717) is 41.4 Å². The number of hydrogen-bond donors (Lipinski definition) is 2. The van der Waals surface area contributed by atoms with Crippen LogP contribution in [0.3, 0.4) is 0 Å². The molecule has 3 aliphatic rings.